The number of benzene rings is 1. The van der Waals surface area contributed by atoms with Gasteiger partial charge in [0.2, 0.25) is 0 Å². The first kappa shape index (κ1) is 8.74. The molecule has 3 heteroatoms. The van der Waals surface area contributed by atoms with Crippen LogP contribution < -0.4 is 0 Å². The van der Waals surface area contributed by atoms with Gasteiger partial charge >= 0.3 is 0 Å². The van der Waals surface area contributed by atoms with Crippen molar-refractivity contribution < 1.29 is 9.94 Å². The second kappa shape index (κ2) is 4.51. The van der Waals surface area contributed by atoms with E-state index in [0.717, 1.165) is 5.56 Å². The molecule has 0 radical (unpaired) electrons. The second-order valence-electron chi connectivity index (χ2n) is 2.24. The van der Waals surface area contributed by atoms with Crippen LogP contribution in [0.4, 0.5) is 0 Å². The topological polar surface area (TPSA) is 41.8 Å². The molecule has 1 N–H and O–H groups in total. The molecular formula is C9H11NO2. The van der Waals surface area contributed by atoms with E-state index >= 15 is 0 Å². The molecule has 0 saturated heterocycles. The third-order valence-electron chi connectivity index (χ3n) is 1.46. The predicted molar refractivity (Wildman–Crippen MR) is 47.1 cm³/mol. The van der Waals surface area contributed by atoms with E-state index in [9.17, 15) is 0 Å². The first-order valence-electron chi connectivity index (χ1n) is 3.64. The van der Waals surface area contributed by atoms with Gasteiger partial charge < -0.3 is 9.94 Å². The fraction of sp³-hybridized carbons (Fsp3) is 0.222. The van der Waals surface area contributed by atoms with E-state index in [2.05, 4.69) is 9.99 Å². The fourth-order valence-electron chi connectivity index (χ4n) is 0.914. The first-order chi connectivity index (χ1) is 5.88. The predicted octanol–water partition coefficient (Wildman–Crippen LogP) is 1.03. The maximum atomic E-state index is 8.90. The monoisotopic (exact) mass is 165 g/mol. The second-order valence-corrected chi connectivity index (χ2v) is 2.24. The lowest BCUT2D eigenvalue weighted by Crippen LogP contribution is -2.06. The maximum absolute atomic E-state index is 8.90. The Hall–Kier alpha value is -1.35. The Morgan fingerprint density at radius 2 is 2.08 bits per heavy atom. The minimum absolute atomic E-state index is 0.113. The summed E-state index contributed by atoms with van der Waals surface area (Å²) in [5.41, 5.74) is 1.42. The molecule has 1 rings (SSSR count). The summed E-state index contributed by atoms with van der Waals surface area (Å²) in [5, 5.41) is 12.6. The molecule has 0 bridgehead atoms. The zero-order chi connectivity index (χ0) is 8.81. The van der Waals surface area contributed by atoms with Crippen LogP contribution in [0.3, 0.4) is 0 Å². The van der Waals surface area contributed by atoms with Gasteiger partial charge in [-0.15, -0.1) is 0 Å². The molecule has 0 saturated carbocycles. The van der Waals surface area contributed by atoms with Crippen molar-refractivity contribution in [2.45, 2.75) is 0 Å². The molecule has 64 valence electrons. The molecule has 0 aliphatic rings. The zero-order valence-electron chi connectivity index (χ0n) is 6.90. The number of nitrogens with zero attached hydrogens (tertiary/aromatic N) is 1. The third-order valence-corrected chi connectivity index (χ3v) is 1.46. The molecule has 0 spiro atoms. The van der Waals surface area contributed by atoms with E-state index in [1.54, 1.807) is 0 Å². The van der Waals surface area contributed by atoms with Gasteiger partial charge in [0.15, 0.2) is 0 Å². The van der Waals surface area contributed by atoms with Gasteiger partial charge in [0.05, 0.1) is 6.61 Å². The highest BCUT2D eigenvalue weighted by Gasteiger charge is 2.00. The van der Waals surface area contributed by atoms with Crippen molar-refractivity contribution >= 4 is 5.71 Å². The lowest BCUT2D eigenvalue weighted by molar-refractivity contribution is 0.209. The van der Waals surface area contributed by atoms with Gasteiger partial charge in [-0.05, 0) is 0 Å². The molecule has 3 nitrogen and oxygen atoms in total. The van der Waals surface area contributed by atoms with Gasteiger partial charge in [-0.2, -0.15) is 0 Å². The summed E-state index contributed by atoms with van der Waals surface area (Å²) in [6.07, 6.45) is 0. The lowest BCUT2D eigenvalue weighted by Gasteiger charge is -2.00. The van der Waals surface area contributed by atoms with Gasteiger partial charge in [0, 0.05) is 5.56 Å². The number of oxime groups is 1. The highest BCUT2D eigenvalue weighted by atomic mass is 16.6. The Bertz CT molecular complexity index is 256. The van der Waals surface area contributed by atoms with Crippen molar-refractivity contribution in [2.24, 2.45) is 5.16 Å². The first-order valence-corrected chi connectivity index (χ1v) is 3.64. The number of aliphatic hydroxyl groups excluding tert-OH is 1. The van der Waals surface area contributed by atoms with E-state index in [-0.39, 0.29) is 6.61 Å². The molecule has 1 aromatic rings. The normalized spacial score (nSPS) is 11.3. The molecule has 0 atom stereocenters. The molecule has 0 aliphatic heterocycles. The fourth-order valence-corrected chi connectivity index (χ4v) is 0.914. The van der Waals surface area contributed by atoms with Gasteiger partial charge in [0.1, 0.15) is 12.8 Å². The van der Waals surface area contributed by atoms with Gasteiger partial charge in [-0.3, -0.25) is 0 Å². The number of aliphatic hydroxyl groups is 1. The highest BCUT2D eigenvalue weighted by Crippen LogP contribution is 2.00. The minimum atomic E-state index is -0.113. The van der Waals surface area contributed by atoms with Crippen molar-refractivity contribution in [3.63, 3.8) is 0 Å². The van der Waals surface area contributed by atoms with Crippen LogP contribution in [-0.2, 0) is 4.84 Å². The summed E-state index contributed by atoms with van der Waals surface area (Å²) in [7, 11) is 1.46. The van der Waals surface area contributed by atoms with Crippen LogP contribution in [0.25, 0.3) is 0 Å². The highest BCUT2D eigenvalue weighted by molar-refractivity contribution is 6.00. The molecule has 0 aromatic heterocycles. The summed E-state index contributed by atoms with van der Waals surface area (Å²) >= 11 is 0. The van der Waals surface area contributed by atoms with E-state index < -0.39 is 0 Å². The summed E-state index contributed by atoms with van der Waals surface area (Å²) in [6.45, 7) is -0.113. The third kappa shape index (κ3) is 2.07. The van der Waals surface area contributed by atoms with Crippen molar-refractivity contribution in [1.82, 2.24) is 0 Å². The summed E-state index contributed by atoms with van der Waals surface area (Å²) < 4.78 is 0. The van der Waals surface area contributed by atoms with Gasteiger partial charge in [-0.25, -0.2) is 0 Å². The summed E-state index contributed by atoms with van der Waals surface area (Å²) in [5.74, 6) is 0. The molecular weight excluding hydrogens is 154 g/mol. The average Bonchev–Trinajstić information content (AvgIpc) is 2.15. The SMILES string of the molecule is CO/N=C(/CO)c1ccccc1. The van der Waals surface area contributed by atoms with Crippen LogP contribution in [0.1, 0.15) is 5.56 Å². The van der Waals surface area contributed by atoms with Crippen molar-refractivity contribution in [3.05, 3.63) is 35.9 Å². The number of rotatable bonds is 3. The lowest BCUT2D eigenvalue weighted by atomic mass is 10.1. The molecule has 1 aromatic carbocycles. The largest absolute Gasteiger partial charge is 0.399 e. The molecule has 12 heavy (non-hydrogen) atoms. The Labute approximate surface area is 71.3 Å². The van der Waals surface area contributed by atoms with E-state index in [1.165, 1.54) is 7.11 Å². The molecule has 0 heterocycles. The van der Waals surface area contributed by atoms with Crippen LogP contribution in [0, 0.1) is 0 Å². The van der Waals surface area contributed by atoms with Crippen LogP contribution >= 0.6 is 0 Å². The van der Waals surface area contributed by atoms with Crippen molar-refractivity contribution in [2.75, 3.05) is 13.7 Å². The Morgan fingerprint density at radius 1 is 1.42 bits per heavy atom. The maximum Gasteiger partial charge on any atom is 0.112 e. The van der Waals surface area contributed by atoms with E-state index in [4.69, 9.17) is 5.11 Å². The molecule has 0 amide bonds. The van der Waals surface area contributed by atoms with Crippen LogP contribution in [-0.4, -0.2) is 24.5 Å². The smallest absolute Gasteiger partial charge is 0.112 e. The van der Waals surface area contributed by atoms with Gasteiger partial charge in [-0.1, -0.05) is 35.5 Å². The number of hydrogen-bond donors (Lipinski definition) is 1. The standard InChI is InChI=1S/C9H11NO2/c1-12-10-9(7-11)8-5-3-2-4-6-8/h2-6,11H,7H2,1H3/b10-9-. The minimum Gasteiger partial charge on any atom is -0.399 e. The summed E-state index contributed by atoms with van der Waals surface area (Å²) in [6, 6.07) is 9.42. The van der Waals surface area contributed by atoms with Crippen molar-refractivity contribution in [1.29, 1.82) is 0 Å². The van der Waals surface area contributed by atoms with Crippen LogP contribution in [0.15, 0.2) is 35.5 Å². The van der Waals surface area contributed by atoms with Crippen LogP contribution in [0.2, 0.25) is 0 Å². The Morgan fingerprint density at radius 3 is 2.58 bits per heavy atom. The molecule has 0 unspecified atom stereocenters. The van der Waals surface area contributed by atoms with E-state index in [0.29, 0.717) is 5.71 Å². The number of hydrogen-bond acceptors (Lipinski definition) is 3. The quantitative estimate of drug-likeness (QED) is 0.537. The molecule has 0 aliphatic carbocycles. The average molecular weight is 165 g/mol. The molecule has 0 fully saturated rings. The van der Waals surface area contributed by atoms with Crippen molar-refractivity contribution in [3.8, 4) is 0 Å². The Balaban J connectivity index is 2.88. The Kier molecular flexibility index (Phi) is 3.29. The van der Waals surface area contributed by atoms with Crippen LogP contribution in [0.5, 0.6) is 0 Å². The van der Waals surface area contributed by atoms with Gasteiger partial charge in [0.25, 0.3) is 0 Å². The summed E-state index contributed by atoms with van der Waals surface area (Å²) in [4.78, 5) is 4.58. The zero-order valence-corrected chi connectivity index (χ0v) is 6.90. The van der Waals surface area contributed by atoms with E-state index in [1.807, 2.05) is 30.3 Å².